The number of carbonyl (C=O) groups excluding carboxylic acids is 1. The van der Waals surface area contributed by atoms with Crippen LogP contribution in [-0.2, 0) is 9.53 Å². The van der Waals surface area contributed by atoms with Crippen LogP contribution in [0.15, 0.2) is 99.2 Å². The lowest BCUT2D eigenvalue weighted by atomic mass is 10.0. The third kappa shape index (κ3) is 4.58. The Bertz CT molecular complexity index is 2010. The van der Waals surface area contributed by atoms with E-state index < -0.39 is 12.1 Å². The van der Waals surface area contributed by atoms with Gasteiger partial charge in [0.2, 0.25) is 5.82 Å². The molecule has 0 aliphatic carbocycles. The van der Waals surface area contributed by atoms with E-state index in [-0.39, 0.29) is 11.4 Å². The van der Waals surface area contributed by atoms with Crippen molar-refractivity contribution in [3.63, 3.8) is 0 Å². The van der Waals surface area contributed by atoms with Crippen LogP contribution in [0.5, 0.6) is 5.75 Å². The van der Waals surface area contributed by atoms with Gasteiger partial charge in [0.05, 0.1) is 24.2 Å². The summed E-state index contributed by atoms with van der Waals surface area (Å²) in [5.41, 5.74) is 1.31. The highest BCUT2D eigenvalue weighted by molar-refractivity contribution is 6.31. The Morgan fingerprint density at radius 1 is 1.00 bits per heavy atom. The van der Waals surface area contributed by atoms with Crippen LogP contribution in [0.1, 0.15) is 12.5 Å². The molecule has 0 saturated carbocycles. The number of hydrogen-bond donors (Lipinski definition) is 0. The molecule has 2 heterocycles. The number of halogens is 1. The molecule has 1 atom stereocenters. The van der Waals surface area contributed by atoms with Crippen LogP contribution in [0.2, 0.25) is 5.02 Å². The minimum atomic E-state index is -0.860. The summed E-state index contributed by atoms with van der Waals surface area (Å²) in [6.45, 7) is 1.60. The lowest BCUT2D eigenvalue weighted by Gasteiger charge is -2.16. The summed E-state index contributed by atoms with van der Waals surface area (Å²) in [5.74, 6) is 0.462. The third-order valence-corrected chi connectivity index (χ3v) is 6.76. The molecule has 0 aliphatic heterocycles. The van der Waals surface area contributed by atoms with Crippen molar-refractivity contribution >= 4 is 56.4 Å². The Kier molecular flexibility index (Phi) is 6.53. The Morgan fingerprint density at radius 2 is 1.77 bits per heavy atom. The average Bonchev–Trinajstić information content (AvgIpc) is 3.39. The molecule has 0 fully saturated rings. The minimum absolute atomic E-state index is 0.220. The molecule has 8 nitrogen and oxygen atoms in total. The number of esters is 1. The molecule has 0 bridgehead atoms. The maximum atomic E-state index is 13.7. The van der Waals surface area contributed by atoms with Crippen molar-refractivity contribution in [1.29, 1.82) is 0 Å². The molecule has 6 rings (SSSR count). The van der Waals surface area contributed by atoms with Crippen molar-refractivity contribution in [3.8, 4) is 17.3 Å². The largest absolute Gasteiger partial charge is 0.478 e. The van der Waals surface area contributed by atoms with Crippen LogP contribution in [0.25, 0.3) is 44.2 Å². The van der Waals surface area contributed by atoms with E-state index in [0.29, 0.717) is 38.6 Å². The van der Waals surface area contributed by atoms with Crippen LogP contribution in [0, 0.1) is 0 Å². The van der Waals surface area contributed by atoms with Gasteiger partial charge in [-0.1, -0.05) is 54.1 Å². The predicted molar refractivity (Wildman–Crippen MR) is 155 cm³/mol. The summed E-state index contributed by atoms with van der Waals surface area (Å²) in [6, 6.07) is 25.4. The number of hydrogen-bond acceptors (Lipinski definition) is 7. The first-order valence-corrected chi connectivity index (χ1v) is 12.8. The highest BCUT2D eigenvalue weighted by atomic mass is 35.5. The SMILES string of the molecule is COC(=O)[C@@H](C)Oc1ccc2ccccc2c1C=Nn1c(-c2cc3cc(Cl)ccc3o2)nc2ccccc2c1=O. The molecule has 0 aliphatic rings. The maximum Gasteiger partial charge on any atom is 0.346 e. The van der Waals surface area contributed by atoms with Gasteiger partial charge in [0.25, 0.3) is 5.56 Å². The van der Waals surface area contributed by atoms with Crippen LogP contribution < -0.4 is 10.3 Å². The van der Waals surface area contributed by atoms with E-state index in [1.54, 1.807) is 55.5 Å². The second kappa shape index (κ2) is 10.3. The van der Waals surface area contributed by atoms with Crippen molar-refractivity contribution in [2.24, 2.45) is 5.10 Å². The second-order valence-corrected chi connectivity index (χ2v) is 9.53. The summed E-state index contributed by atoms with van der Waals surface area (Å²) in [6.07, 6.45) is 0.670. The molecule has 40 heavy (non-hydrogen) atoms. The molecule has 0 unspecified atom stereocenters. The zero-order valence-corrected chi connectivity index (χ0v) is 22.3. The van der Waals surface area contributed by atoms with Gasteiger partial charge in [-0.25, -0.2) is 9.78 Å². The fraction of sp³-hybridized carbons (Fsp3) is 0.0968. The molecule has 0 spiro atoms. The smallest absolute Gasteiger partial charge is 0.346 e. The van der Waals surface area contributed by atoms with E-state index in [0.717, 1.165) is 16.2 Å². The van der Waals surface area contributed by atoms with Crippen molar-refractivity contribution in [2.45, 2.75) is 13.0 Å². The zero-order chi connectivity index (χ0) is 27.8. The van der Waals surface area contributed by atoms with Gasteiger partial charge in [-0.05, 0) is 60.2 Å². The Labute approximate surface area is 233 Å². The van der Waals surface area contributed by atoms with Crippen molar-refractivity contribution < 1.29 is 18.7 Å². The lowest BCUT2D eigenvalue weighted by Crippen LogP contribution is -2.25. The molecule has 2 aromatic heterocycles. The number of carbonyl (C=O) groups is 1. The molecule has 9 heteroatoms. The van der Waals surface area contributed by atoms with Gasteiger partial charge < -0.3 is 13.9 Å². The van der Waals surface area contributed by atoms with Crippen molar-refractivity contribution in [2.75, 3.05) is 7.11 Å². The van der Waals surface area contributed by atoms with Gasteiger partial charge in [-0.15, -0.1) is 0 Å². The second-order valence-electron chi connectivity index (χ2n) is 9.09. The molecule has 4 aromatic carbocycles. The monoisotopic (exact) mass is 551 g/mol. The summed E-state index contributed by atoms with van der Waals surface area (Å²) in [5, 5.41) is 8.09. The van der Waals surface area contributed by atoms with Gasteiger partial charge in [0.15, 0.2) is 11.9 Å². The van der Waals surface area contributed by atoms with E-state index in [9.17, 15) is 9.59 Å². The summed E-state index contributed by atoms with van der Waals surface area (Å²) in [7, 11) is 1.30. The van der Waals surface area contributed by atoms with Crippen LogP contribution in [0.3, 0.4) is 0 Å². The van der Waals surface area contributed by atoms with E-state index in [1.165, 1.54) is 18.0 Å². The average molecular weight is 552 g/mol. The molecule has 6 aromatic rings. The topological polar surface area (TPSA) is 95.9 Å². The number of rotatable bonds is 6. The van der Waals surface area contributed by atoms with Crippen LogP contribution >= 0.6 is 11.6 Å². The van der Waals surface area contributed by atoms with Crippen LogP contribution in [-0.4, -0.2) is 35.1 Å². The molecular formula is C31H22ClN3O5. The number of ether oxygens (including phenoxy) is 2. The molecular weight excluding hydrogens is 530 g/mol. The molecule has 0 saturated heterocycles. The van der Waals surface area contributed by atoms with Gasteiger partial charge >= 0.3 is 5.97 Å². The fourth-order valence-electron chi connectivity index (χ4n) is 4.55. The Balaban J connectivity index is 1.56. The molecule has 198 valence electrons. The van der Waals surface area contributed by atoms with E-state index in [2.05, 4.69) is 5.10 Å². The lowest BCUT2D eigenvalue weighted by molar-refractivity contribution is -0.147. The molecule has 0 amide bonds. The number of benzene rings is 4. The number of nitrogens with zero attached hydrogens (tertiary/aromatic N) is 3. The Hall–Kier alpha value is -4.95. The summed E-state index contributed by atoms with van der Waals surface area (Å²) < 4.78 is 18.1. The van der Waals surface area contributed by atoms with E-state index >= 15 is 0 Å². The standard InChI is InChI=1S/C31H22ClN3O5/c1-18(31(37)38-2)39-27-13-11-19-7-3-4-8-22(19)24(27)17-33-35-29(34-25-10-6-5-9-23(25)30(35)36)28-16-20-15-21(32)12-14-26(20)40-28/h3-18H,1-2H3/t18-/m1/s1. The normalized spacial score (nSPS) is 12.4. The Morgan fingerprint density at radius 3 is 2.60 bits per heavy atom. The number of aromatic nitrogens is 2. The summed E-state index contributed by atoms with van der Waals surface area (Å²) >= 11 is 6.18. The number of fused-ring (bicyclic) bond motifs is 3. The third-order valence-electron chi connectivity index (χ3n) is 6.52. The van der Waals surface area contributed by atoms with Crippen molar-refractivity contribution in [3.05, 3.63) is 106 Å². The zero-order valence-electron chi connectivity index (χ0n) is 21.5. The first-order valence-electron chi connectivity index (χ1n) is 12.4. The number of para-hydroxylation sites is 1. The van der Waals surface area contributed by atoms with Gasteiger partial charge in [-0.3, -0.25) is 4.79 Å². The predicted octanol–water partition coefficient (Wildman–Crippen LogP) is 6.44. The molecule has 0 radical (unpaired) electrons. The highest BCUT2D eigenvalue weighted by Gasteiger charge is 2.19. The summed E-state index contributed by atoms with van der Waals surface area (Å²) in [4.78, 5) is 30.5. The quantitative estimate of drug-likeness (QED) is 0.175. The van der Waals surface area contributed by atoms with E-state index in [4.69, 9.17) is 30.5 Å². The molecule has 0 N–H and O–H groups in total. The van der Waals surface area contributed by atoms with Gasteiger partial charge in [0, 0.05) is 16.0 Å². The van der Waals surface area contributed by atoms with E-state index in [1.807, 2.05) is 36.4 Å². The van der Waals surface area contributed by atoms with Gasteiger partial charge in [-0.2, -0.15) is 9.78 Å². The number of methoxy groups -OCH3 is 1. The van der Waals surface area contributed by atoms with Crippen LogP contribution in [0.4, 0.5) is 0 Å². The van der Waals surface area contributed by atoms with Gasteiger partial charge in [0.1, 0.15) is 11.3 Å². The van der Waals surface area contributed by atoms with Crippen molar-refractivity contribution in [1.82, 2.24) is 9.66 Å². The first kappa shape index (κ1) is 25.3. The fourth-order valence-corrected chi connectivity index (χ4v) is 4.73. The minimum Gasteiger partial charge on any atom is -0.478 e. The number of furan rings is 1. The highest BCUT2D eigenvalue weighted by Crippen LogP contribution is 2.30. The maximum absolute atomic E-state index is 13.7. The first-order chi connectivity index (χ1) is 19.4.